The molecule has 0 aliphatic carbocycles. The van der Waals surface area contributed by atoms with Crippen molar-refractivity contribution in [3.8, 4) is 0 Å². The quantitative estimate of drug-likeness (QED) is 0.722. The third-order valence-corrected chi connectivity index (χ3v) is 4.25. The molecule has 1 aromatic heterocycles. The number of rotatable bonds is 8. The van der Waals surface area contributed by atoms with Crippen LogP contribution in [0.2, 0.25) is 0 Å². The number of nitrogens with zero attached hydrogens (tertiary/aromatic N) is 1. The Morgan fingerprint density at radius 2 is 1.90 bits per heavy atom. The van der Waals surface area contributed by atoms with Crippen molar-refractivity contribution in [3.05, 3.63) is 16.1 Å². The van der Waals surface area contributed by atoms with Crippen LogP contribution in [0.25, 0.3) is 0 Å². The Bertz CT molecular complexity index is 478. The molecule has 1 aromatic rings. The Hall–Kier alpha value is -1.43. The van der Waals surface area contributed by atoms with Gasteiger partial charge in [-0.15, -0.1) is 11.3 Å². The minimum Gasteiger partial charge on any atom is -0.481 e. The first kappa shape index (κ1) is 17.6. The number of carbonyl (C=O) groups is 2. The van der Waals surface area contributed by atoms with E-state index in [0.29, 0.717) is 18.7 Å². The molecular formula is C15H24N2O3S. The van der Waals surface area contributed by atoms with Crippen LogP contribution in [0.5, 0.6) is 0 Å². The van der Waals surface area contributed by atoms with Crippen molar-refractivity contribution in [2.45, 2.75) is 58.3 Å². The van der Waals surface area contributed by atoms with Crippen molar-refractivity contribution >= 4 is 23.2 Å². The molecule has 118 valence electrons. The predicted molar refractivity (Wildman–Crippen MR) is 83.9 cm³/mol. The van der Waals surface area contributed by atoms with Gasteiger partial charge in [0.05, 0.1) is 5.01 Å². The summed E-state index contributed by atoms with van der Waals surface area (Å²) in [6, 6.07) is 0. The molecule has 0 unspecified atom stereocenters. The second-order valence-corrected chi connectivity index (χ2v) is 6.96. The fourth-order valence-corrected chi connectivity index (χ4v) is 2.66. The smallest absolute Gasteiger partial charge is 0.303 e. The van der Waals surface area contributed by atoms with Gasteiger partial charge in [-0.3, -0.25) is 9.59 Å². The van der Waals surface area contributed by atoms with E-state index in [4.69, 9.17) is 5.11 Å². The summed E-state index contributed by atoms with van der Waals surface area (Å²) in [7, 11) is 0. The molecule has 2 N–H and O–H groups in total. The Balaban J connectivity index is 2.22. The molecule has 0 radical (unpaired) electrons. The normalized spacial score (nSPS) is 11.4. The van der Waals surface area contributed by atoms with Crippen LogP contribution in [0, 0.1) is 0 Å². The number of carboxylic acids is 1. The van der Waals surface area contributed by atoms with E-state index in [1.807, 2.05) is 0 Å². The SMILES string of the molecule is CC(C)(C)c1nc(C(=O)NCCCCCCC(=O)O)cs1. The predicted octanol–water partition coefficient (Wildman–Crippen LogP) is 3.21. The molecule has 1 amide bonds. The van der Waals surface area contributed by atoms with Crippen molar-refractivity contribution < 1.29 is 14.7 Å². The number of hydrogen-bond acceptors (Lipinski definition) is 4. The second-order valence-electron chi connectivity index (χ2n) is 6.10. The minimum absolute atomic E-state index is 0.0344. The lowest BCUT2D eigenvalue weighted by molar-refractivity contribution is -0.137. The monoisotopic (exact) mass is 312 g/mol. The molecule has 21 heavy (non-hydrogen) atoms. The molecule has 0 atom stereocenters. The Labute approximate surface area is 129 Å². The Kier molecular flexibility index (Phi) is 6.81. The van der Waals surface area contributed by atoms with Gasteiger partial charge in [-0.25, -0.2) is 4.98 Å². The first-order chi connectivity index (χ1) is 9.80. The van der Waals surface area contributed by atoms with E-state index in [2.05, 4.69) is 31.1 Å². The highest BCUT2D eigenvalue weighted by atomic mass is 32.1. The molecule has 0 aromatic carbocycles. The van der Waals surface area contributed by atoms with Gasteiger partial charge < -0.3 is 10.4 Å². The van der Waals surface area contributed by atoms with Crippen LogP contribution in [-0.2, 0) is 10.2 Å². The lowest BCUT2D eigenvalue weighted by Gasteiger charge is -2.13. The molecule has 0 bridgehead atoms. The van der Waals surface area contributed by atoms with Crippen molar-refractivity contribution in [2.24, 2.45) is 0 Å². The van der Waals surface area contributed by atoms with Crippen molar-refractivity contribution in [2.75, 3.05) is 6.54 Å². The van der Waals surface area contributed by atoms with Gasteiger partial charge in [-0.05, 0) is 12.8 Å². The van der Waals surface area contributed by atoms with Gasteiger partial charge in [0, 0.05) is 23.8 Å². The minimum atomic E-state index is -0.749. The van der Waals surface area contributed by atoms with Crippen LogP contribution in [0.4, 0.5) is 0 Å². The molecule has 5 nitrogen and oxygen atoms in total. The molecule has 6 heteroatoms. The summed E-state index contributed by atoms with van der Waals surface area (Å²) in [5.74, 6) is -0.881. The zero-order valence-electron chi connectivity index (χ0n) is 12.9. The van der Waals surface area contributed by atoms with Gasteiger partial charge >= 0.3 is 5.97 Å². The first-order valence-corrected chi connectivity index (χ1v) is 8.14. The third-order valence-electron chi connectivity index (χ3n) is 2.98. The second kappa shape index (κ2) is 8.12. The maximum atomic E-state index is 11.9. The van der Waals surface area contributed by atoms with Crippen LogP contribution in [-0.4, -0.2) is 28.5 Å². The number of thiazole rings is 1. The number of aliphatic carboxylic acids is 1. The number of carboxylic acid groups (broad SMARTS) is 1. The van der Waals surface area contributed by atoms with Gasteiger partial charge in [0.15, 0.2) is 0 Å². The zero-order valence-corrected chi connectivity index (χ0v) is 13.8. The molecule has 0 aliphatic heterocycles. The fraction of sp³-hybridized carbons (Fsp3) is 0.667. The molecule has 0 spiro atoms. The van der Waals surface area contributed by atoms with Gasteiger partial charge in [0.2, 0.25) is 0 Å². The largest absolute Gasteiger partial charge is 0.481 e. The van der Waals surface area contributed by atoms with E-state index >= 15 is 0 Å². The molecule has 0 fully saturated rings. The lowest BCUT2D eigenvalue weighted by atomic mass is 9.98. The highest BCUT2D eigenvalue weighted by Crippen LogP contribution is 2.25. The maximum absolute atomic E-state index is 11.9. The number of amides is 1. The molecule has 1 rings (SSSR count). The third kappa shape index (κ3) is 6.71. The summed E-state index contributed by atoms with van der Waals surface area (Å²) in [5, 5.41) is 14.1. The summed E-state index contributed by atoms with van der Waals surface area (Å²) in [4.78, 5) is 26.6. The summed E-state index contributed by atoms with van der Waals surface area (Å²) in [5.41, 5.74) is 0.448. The average Bonchev–Trinajstić information content (AvgIpc) is 2.86. The first-order valence-electron chi connectivity index (χ1n) is 7.26. The summed E-state index contributed by atoms with van der Waals surface area (Å²) >= 11 is 1.51. The van der Waals surface area contributed by atoms with Gasteiger partial charge in [-0.1, -0.05) is 33.6 Å². The fourth-order valence-electron chi connectivity index (χ4n) is 1.77. The van der Waals surface area contributed by atoms with E-state index in [1.165, 1.54) is 11.3 Å². The number of nitrogens with one attached hydrogen (secondary N) is 1. The number of aromatic nitrogens is 1. The molecule has 0 saturated heterocycles. The zero-order chi connectivity index (χ0) is 15.9. The Morgan fingerprint density at radius 3 is 2.48 bits per heavy atom. The van der Waals surface area contributed by atoms with Crippen molar-refractivity contribution in [1.82, 2.24) is 10.3 Å². The number of unbranched alkanes of at least 4 members (excludes halogenated alkanes) is 3. The Morgan fingerprint density at radius 1 is 1.24 bits per heavy atom. The van der Waals surface area contributed by atoms with Gasteiger partial charge in [0.25, 0.3) is 5.91 Å². The van der Waals surface area contributed by atoms with Crippen LogP contribution >= 0.6 is 11.3 Å². The lowest BCUT2D eigenvalue weighted by Crippen LogP contribution is -2.25. The summed E-state index contributed by atoms with van der Waals surface area (Å²) < 4.78 is 0. The van der Waals surface area contributed by atoms with Crippen LogP contribution < -0.4 is 5.32 Å². The highest BCUT2D eigenvalue weighted by Gasteiger charge is 2.20. The van der Waals surface area contributed by atoms with Crippen LogP contribution in [0.3, 0.4) is 0 Å². The van der Waals surface area contributed by atoms with Crippen molar-refractivity contribution in [3.63, 3.8) is 0 Å². The number of carbonyl (C=O) groups excluding carboxylic acids is 1. The van der Waals surface area contributed by atoms with Crippen LogP contribution in [0.15, 0.2) is 5.38 Å². The highest BCUT2D eigenvalue weighted by molar-refractivity contribution is 7.10. The molecule has 0 aliphatic rings. The number of hydrogen-bond donors (Lipinski definition) is 2. The molecule has 0 saturated carbocycles. The molecule has 1 heterocycles. The van der Waals surface area contributed by atoms with E-state index in [1.54, 1.807) is 5.38 Å². The maximum Gasteiger partial charge on any atom is 0.303 e. The average molecular weight is 312 g/mol. The van der Waals surface area contributed by atoms with E-state index in [-0.39, 0.29) is 17.7 Å². The molecular weight excluding hydrogens is 288 g/mol. The summed E-state index contributed by atoms with van der Waals surface area (Å²) in [6.45, 7) is 6.83. The van der Waals surface area contributed by atoms with Crippen molar-refractivity contribution in [1.29, 1.82) is 0 Å². The van der Waals surface area contributed by atoms with E-state index in [0.717, 1.165) is 24.3 Å². The standard InChI is InChI=1S/C15H24N2O3S/c1-15(2,3)14-17-11(10-21-14)13(20)16-9-7-5-4-6-8-12(18)19/h10H,4-9H2,1-3H3,(H,16,20)(H,18,19). The van der Waals surface area contributed by atoms with Crippen LogP contribution in [0.1, 0.15) is 68.4 Å². The summed E-state index contributed by atoms with van der Waals surface area (Å²) in [6.07, 6.45) is 3.59. The topological polar surface area (TPSA) is 79.3 Å². The van der Waals surface area contributed by atoms with Gasteiger partial charge in [0.1, 0.15) is 5.69 Å². The van der Waals surface area contributed by atoms with E-state index in [9.17, 15) is 9.59 Å². The van der Waals surface area contributed by atoms with Gasteiger partial charge in [-0.2, -0.15) is 0 Å². The van der Waals surface area contributed by atoms with E-state index < -0.39 is 5.97 Å².